The van der Waals surface area contributed by atoms with Gasteiger partial charge in [0, 0.05) is 13.1 Å². The SMILES string of the molecule is Cc1ccc(OC(C)C(=O)N2CCCCCC2)c(C)c1. The molecule has 1 aromatic carbocycles. The van der Waals surface area contributed by atoms with Crippen LogP contribution in [-0.2, 0) is 4.79 Å². The summed E-state index contributed by atoms with van der Waals surface area (Å²) in [5, 5.41) is 0. The average Bonchev–Trinajstić information content (AvgIpc) is 2.70. The topological polar surface area (TPSA) is 29.5 Å². The third-order valence-electron chi connectivity index (χ3n) is 3.90. The second-order valence-corrected chi connectivity index (χ2v) is 5.77. The number of rotatable bonds is 3. The first-order valence-corrected chi connectivity index (χ1v) is 7.60. The zero-order chi connectivity index (χ0) is 14.5. The summed E-state index contributed by atoms with van der Waals surface area (Å²) in [6, 6.07) is 6.06. The minimum absolute atomic E-state index is 0.117. The van der Waals surface area contributed by atoms with Gasteiger partial charge in [0.05, 0.1) is 0 Å². The van der Waals surface area contributed by atoms with E-state index in [0.29, 0.717) is 0 Å². The maximum absolute atomic E-state index is 12.4. The van der Waals surface area contributed by atoms with Crippen molar-refractivity contribution in [2.24, 2.45) is 0 Å². The summed E-state index contributed by atoms with van der Waals surface area (Å²) in [7, 11) is 0. The van der Waals surface area contributed by atoms with Crippen molar-refractivity contribution in [1.82, 2.24) is 4.90 Å². The second-order valence-electron chi connectivity index (χ2n) is 5.77. The normalized spacial score (nSPS) is 17.4. The number of ether oxygens (including phenoxy) is 1. The Labute approximate surface area is 121 Å². The van der Waals surface area contributed by atoms with Gasteiger partial charge < -0.3 is 9.64 Å². The molecule has 0 aliphatic carbocycles. The number of carbonyl (C=O) groups is 1. The summed E-state index contributed by atoms with van der Waals surface area (Å²) in [6.07, 6.45) is 4.28. The van der Waals surface area contributed by atoms with Crippen LogP contribution in [0, 0.1) is 13.8 Å². The van der Waals surface area contributed by atoms with E-state index in [0.717, 1.165) is 37.2 Å². The van der Waals surface area contributed by atoms with Crippen LogP contribution in [0.4, 0.5) is 0 Å². The molecule has 0 spiro atoms. The van der Waals surface area contributed by atoms with Crippen molar-refractivity contribution in [2.45, 2.75) is 52.6 Å². The van der Waals surface area contributed by atoms with Gasteiger partial charge in [-0.15, -0.1) is 0 Å². The molecule has 3 nitrogen and oxygen atoms in total. The molecule has 1 heterocycles. The van der Waals surface area contributed by atoms with Crippen LogP contribution in [-0.4, -0.2) is 30.0 Å². The van der Waals surface area contributed by atoms with Gasteiger partial charge in [-0.05, 0) is 45.2 Å². The molecule has 1 atom stereocenters. The summed E-state index contributed by atoms with van der Waals surface area (Å²) in [4.78, 5) is 14.4. The molecule has 1 fully saturated rings. The Balaban J connectivity index is 1.99. The first kappa shape index (κ1) is 14.9. The average molecular weight is 275 g/mol. The second kappa shape index (κ2) is 6.78. The van der Waals surface area contributed by atoms with Crippen molar-refractivity contribution in [3.63, 3.8) is 0 Å². The Morgan fingerprint density at radius 2 is 1.80 bits per heavy atom. The molecule has 1 aromatic rings. The molecule has 0 radical (unpaired) electrons. The number of likely N-dealkylation sites (tertiary alicyclic amines) is 1. The summed E-state index contributed by atoms with van der Waals surface area (Å²) in [5.74, 6) is 0.929. The molecule has 1 aliphatic rings. The number of hydrogen-bond acceptors (Lipinski definition) is 2. The van der Waals surface area contributed by atoms with Crippen LogP contribution < -0.4 is 4.74 Å². The Bertz CT molecular complexity index is 462. The van der Waals surface area contributed by atoms with E-state index in [-0.39, 0.29) is 5.91 Å². The molecular formula is C17H25NO2. The lowest BCUT2D eigenvalue weighted by Gasteiger charge is -2.25. The van der Waals surface area contributed by atoms with Gasteiger partial charge in [-0.2, -0.15) is 0 Å². The maximum atomic E-state index is 12.4. The van der Waals surface area contributed by atoms with Gasteiger partial charge in [-0.25, -0.2) is 0 Å². The molecule has 1 amide bonds. The standard InChI is InChI=1S/C17H25NO2/c1-13-8-9-16(14(2)12-13)20-15(3)17(19)18-10-6-4-5-7-11-18/h8-9,12,15H,4-7,10-11H2,1-3H3. The molecule has 0 N–H and O–H groups in total. The Morgan fingerprint density at radius 1 is 1.15 bits per heavy atom. The van der Waals surface area contributed by atoms with E-state index < -0.39 is 6.10 Å². The van der Waals surface area contributed by atoms with Crippen LogP contribution in [0.25, 0.3) is 0 Å². The molecule has 110 valence electrons. The molecule has 1 aliphatic heterocycles. The number of benzene rings is 1. The zero-order valence-electron chi connectivity index (χ0n) is 12.8. The summed E-state index contributed by atoms with van der Waals surface area (Å²) < 4.78 is 5.86. The number of carbonyl (C=O) groups excluding carboxylic acids is 1. The lowest BCUT2D eigenvalue weighted by molar-refractivity contribution is -0.137. The zero-order valence-corrected chi connectivity index (χ0v) is 12.8. The molecule has 20 heavy (non-hydrogen) atoms. The van der Waals surface area contributed by atoms with Gasteiger partial charge in [-0.3, -0.25) is 4.79 Å². The molecule has 1 unspecified atom stereocenters. The lowest BCUT2D eigenvalue weighted by Crippen LogP contribution is -2.41. The molecule has 2 rings (SSSR count). The highest BCUT2D eigenvalue weighted by Crippen LogP contribution is 2.21. The minimum Gasteiger partial charge on any atom is -0.481 e. The van der Waals surface area contributed by atoms with Gasteiger partial charge in [0.1, 0.15) is 5.75 Å². The third-order valence-corrected chi connectivity index (χ3v) is 3.90. The largest absolute Gasteiger partial charge is 0.481 e. The van der Waals surface area contributed by atoms with E-state index in [4.69, 9.17) is 4.74 Å². The molecule has 1 saturated heterocycles. The van der Waals surface area contributed by atoms with Gasteiger partial charge in [-0.1, -0.05) is 30.5 Å². The number of amides is 1. The summed E-state index contributed by atoms with van der Waals surface area (Å²) in [6.45, 7) is 7.68. The van der Waals surface area contributed by atoms with E-state index in [2.05, 4.69) is 13.0 Å². The Kier molecular flexibility index (Phi) is 5.05. The first-order chi connectivity index (χ1) is 9.58. The van der Waals surface area contributed by atoms with Crippen LogP contribution in [0.1, 0.15) is 43.7 Å². The van der Waals surface area contributed by atoms with Crippen molar-refractivity contribution in [1.29, 1.82) is 0 Å². The smallest absolute Gasteiger partial charge is 0.263 e. The van der Waals surface area contributed by atoms with Crippen LogP contribution >= 0.6 is 0 Å². The summed E-state index contributed by atoms with van der Waals surface area (Å²) >= 11 is 0. The highest BCUT2D eigenvalue weighted by atomic mass is 16.5. The summed E-state index contributed by atoms with van der Waals surface area (Å²) in [5.41, 5.74) is 2.29. The Morgan fingerprint density at radius 3 is 2.40 bits per heavy atom. The van der Waals surface area contributed by atoms with Gasteiger partial charge >= 0.3 is 0 Å². The molecule has 0 saturated carbocycles. The van der Waals surface area contributed by atoms with Crippen LogP contribution in [0.15, 0.2) is 18.2 Å². The molecular weight excluding hydrogens is 250 g/mol. The minimum atomic E-state index is -0.408. The molecule has 0 bridgehead atoms. The predicted molar refractivity (Wildman–Crippen MR) is 81.1 cm³/mol. The molecule has 3 heteroatoms. The van der Waals surface area contributed by atoms with Gasteiger partial charge in [0.25, 0.3) is 5.91 Å². The van der Waals surface area contributed by atoms with Crippen LogP contribution in [0.5, 0.6) is 5.75 Å². The van der Waals surface area contributed by atoms with Crippen molar-refractivity contribution in [3.05, 3.63) is 29.3 Å². The number of hydrogen-bond donors (Lipinski definition) is 0. The fraction of sp³-hybridized carbons (Fsp3) is 0.588. The highest BCUT2D eigenvalue weighted by molar-refractivity contribution is 5.81. The van der Waals surface area contributed by atoms with Crippen LogP contribution in [0.2, 0.25) is 0 Å². The monoisotopic (exact) mass is 275 g/mol. The number of aryl methyl sites for hydroxylation is 2. The van der Waals surface area contributed by atoms with Crippen molar-refractivity contribution in [2.75, 3.05) is 13.1 Å². The Hall–Kier alpha value is -1.51. The van der Waals surface area contributed by atoms with Gasteiger partial charge in [0.15, 0.2) is 6.10 Å². The van der Waals surface area contributed by atoms with E-state index in [1.165, 1.54) is 18.4 Å². The van der Waals surface area contributed by atoms with Gasteiger partial charge in [0.2, 0.25) is 0 Å². The van der Waals surface area contributed by atoms with E-state index in [9.17, 15) is 4.79 Å². The lowest BCUT2D eigenvalue weighted by atomic mass is 10.1. The maximum Gasteiger partial charge on any atom is 0.263 e. The molecule has 0 aromatic heterocycles. The quantitative estimate of drug-likeness (QED) is 0.845. The third kappa shape index (κ3) is 3.75. The van der Waals surface area contributed by atoms with Crippen LogP contribution in [0.3, 0.4) is 0 Å². The predicted octanol–water partition coefficient (Wildman–Crippen LogP) is 3.47. The van der Waals surface area contributed by atoms with E-state index in [1.807, 2.05) is 30.9 Å². The number of nitrogens with zero attached hydrogens (tertiary/aromatic N) is 1. The van der Waals surface area contributed by atoms with Crippen molar-refractivity contribution >= 4 is 5.91 Å². The fourth-order valence-corrected chi connectivity index (χ4v) is 2.72. The van der Waals surface area contributed by atoms with E-state index >= 15 is 0 Å². The van der Waals surface area contributed by atoms with Crippen molar-refractivity contribution in [3.8, 4) is 5.75 Å². The first-order valence-electron chi connectivity index (χ1n) is 7.60. The fourth-order valence-electron chi connectivity index (χ4n) is 2.72. The van der Waals surface area contributed by atoms with Crippen molar-refractivity contribution < 1.29 is 9.53 Å². The van der Waals surface area contributed by atoms with E-state index in [1.54, 1.807) is 0 Å². The highest BCUT2D eigenvalue weighted by Gasteiger charge is 2.23.